The zero-order valence-corrected chi connectivity index (χ0v) is 14.9. The van der Waals surface area contributed by atoms with E-state index in [0.29, 0.717) is 18.9 Å². The Kier molecular flexibility index (Phi) is 4.73. The van der Waals surface area contributed by atoms with E-state index in [2.05, 4.69) is 20.9 Å². The molecule has 0 unspecified atom stereocenters. The molecule has 1 atom stereocenters. The van der Waals surface area contributed by atoms with Crippen molar-refractivity contribution in [1.82, 2.24) is 9.97 Å². The molecule has 4 rings (SSSR count). The van der Waals surface area contributed by atoms with Crippen molar-refractivity contribution in [1.29, 1.82) is 0 Å². The highest BCUT2D eigenvalue weighted by Crippen LogP contribution is 2.33. The van der Waals surface area contributed by atoms with Gasteiger partial charge in [0.2, 0.25) is 5.91 Å². The van der Waals surface area contributed by atoms with Gasteiger partial charge in [0.15, 0.2) is 0 Å². The Hall–Kier alpha value is -2.63. The van der Waals surface area contributed by atoms with Crippen LogP contribution in [0.5, 0.6) is 5.75 Å². The number of aromatic nitrogens is 2. The number of anilines is 1. The van der Waals surface area contributed by atoms with Gasteiger partial charge in [-0.2, -0.15) is 0 Å². The minimum Gasteiger partial charge on any atom is -0.487 e. The van der Waals surface area contributed by atoms with Gasteiger partial charge in [-0.05, 0) is 36.8 Å². The topological polar surface area (TPSA) is 81.3 Å². The number of carbonyl (C=O) groups is 1. The number of nitrogens with two attached hydrogens (primary N) is 1. The minimum absolute atomic E-state index is 0.216. The number of nitrogens with zero attached hydrogens (tertiary/aromatic N) is 3. The van der Waals surface area contributed by atoms with Crippen LogP contribution in [0.1, 0.15) is 42.5 Å². The number of rotatable bonds is 4. The van der Waals surface area contributed by atoms with E-state index >= 15 is 0 Å². The molecule has 0 aliphatic carbocycles. The molecular weight excluding hydrogens is 328 g/mol. The fourth-order valence-electron chi connectivity index (χ4n) is 3.98. The van der Waals surface area contributed by atoms with E-state index in [1.54, 1.807) is 6.33 Å². The van der Waals surface area contributed by atoms with Crippen LogP contribution in [0, 0.1) is 5.92 Å². The first-order valence-corrected chi connectivity index (χ1v) is 9.27. The highest BCUT2D eigenvalue weighted by atomic mass is 16.5. The summed E-state index contributed by atoms with van der Waals surface area (Å²) in [6.07, 6.45) is 5.98. The third-order valence-electron chi connectivity index (χ3n) is 5.33. The summed E-state index contributed by atoms with van der Waals surface area (Å²) in [6, 6.07) is 8.15. The number of hydrogen-bond donors (Lipinski definition) is 1. The van der Waals surface area contributed by atoms with Gasteiger partial charge in [0.25, 0.3) is 0 Å². The van der Waals surface area contributed by atoms with E-state index in [9.17, 15) is 4.79 Å². The first-order valence-electron chi connectivity index (χ1n) is 9.27. The molecule has 1 aromatic carbocycles. The van der Waals surface area contributed by atoms with Gasteiger partial charge in [-0.3, -0.25) is 4.79 Å². The van der Waals surface area contributed by atoms with E-state index in [1.165, 1.54) is 5.56 Å². The van der Waals surface area contributed by atoms with E-state index in [4.69, 9.17) is 10.5 Å². The fraction of sp³-hybridized carbons (Fsp3) is 0.450. The van der Waals surface area contributed by atoms with Crippen LogP contribution in [0.25, 0.3) is 0 Å². The molecular formula is C20H24N4O2. The molecule has 136 valence electrons. The van der Waals surface area contributed by atoms with Gasteiger partial charge >= 0.3 is 0 Å². The lowest BCUT2D eigenvalue weighted by molar-refractivity contribution is -0.118. The molecule has 1 aromatic heterocycles. The molecule has 2 aliphatic rings. The normalized spacial score (nSPS) is 19.1. The zero-order chi connectivity index (χ0) is 17.9. The van der Waals surface area contributed by atoms with Crippen molar-refractivity contribution in [3.05, 3.63) is 47.4 Å². The quantitative estimate of drug-likeness (QED) is 0.914. The summed E-state index contributed by atoms with van der Waals surface area (Å²) in [4.78, 5) is 22.6. The number of para-hydroxylation sites is 1. The molecule has 2 aromatic rings. The van der Waals surface area contributed by atoms with Gasteiger partial charge in [0.05, 0.1) is 5.69 Å². The number of carbonyl (C=O) groups excluding carboxylic acids is 1. The van der Waals surface area contributed by atoms with Crippen molar-refractivity contribution >= 4 is 11.7 Å². The highest BCUT2D eigenvalue weighted by Gasteiger charge is 2.26. The number of fused-ring (bicyclic) bond motifs is 2. The summed E-state index contributed by atoms with van der Waals surface area (Å²) in [5.74, 6) is 2.21. The Labute approximate surface area is 153 Å². The van der Waals surface area contributed by atoms with Crippen LogP contribution < -0.4 is 15.4 Å². The molecule has 1 fully saturated rings. The maximum atomic E-state index is 11.1. The minimum atomic E-state index is -0.216. The summed E-state index contributed by atoms with van der Waals surface area (Å²) in [5.41, 5.74) is 8.62. The Bertz CT molecular complexity index is 808. The molecule has 0 radical (unpaired) electrons. The molecule has 3 heterocycles. The van der Waals surface area contributed by atoms with Gasteiger partial charge in [-0.1, -0.05) is 18.2 Å². The van der Waals surface area contributed by atoms with Crippen LogP contribution in [-0.4, -0.2) is 29.0 Å². The summed E-state index contributed by atoms with van der Waals surface area (Å²) >= 11 is 0. The molecule has 26 heavy (non-hydrogen) atoms. The molecule has 6 nitrogen and oxygen atoms in total. The standard InChI is InChI=1S/C20H24N4O2/c21-19(25)8-7-14-4-3-9-24(11-14)20-16-10-15-5-1-2-6-18(15)26-12-17(16)22-13-23-20/h1-2,5-6,13-14H,3-4,7-12H2,(H2,21,25)/t14-/m0/s1. The number of hydrogen-bond acceptors (Lipinski definition) is 5. The number of ether oxygens (including phenoxy) is 1. The van der Waals surface area contributed by atoms with Crippen molar-refractivity contribution in [2.75, 3.05) is 18.0 Å². The Morgan fingerprint density at radius 1 is 1.31 bits per heavy atom. The van der Waals surface area contributed by atoms with Crippen molar-refractivity contribution in [2.45, 2.75) is 38.7 Å². The summed E-state index contributed by atoms with van der Waals surface area (Å²) in [5, 5.41) is 0. The Balaban J connectivity index is 1.59. The predicted octanol–water partition coefficient (Wildman–Crippen LogP) is 2.44. The lowest BCUT2D eigenvalue weighted by Crippen LogP contribution is -2.37. The van der Waals surface area contributed by atoms with Gasteiger partial charge in [-0.25, -0.2) is 9.97 Å². The maximum Gasteiger partial charge on any atom is 0.217 e. The number of piperidine rings is 1. The van der Waals surface area contributed by atoms with Crippen molar-refractivity contribution in [3.8, 4) is 5.75 Å². The second kappa shape index (κ2) is 7.32. The highest BCUT2D eigenvalue weighted by molar-refractivity contribution is 5.73. The molecule has 1 saturated heterocycles. The zero-order valence-electron chi connectivity index (χ0n) is 14.9. The van der Waals surface area contributed by atoms with Crippen molar-refractivity contribution in [3.63, 3.8) is 0 Å². The first-order chi connectivity index (χ1) is 12.7. The van der Waals surface area contributed by atoms with Crippen LogP contribution in [0.4, 0.5) is 5.82 Å². The molecule has 1 amide bonds. The van der Waals surface area contributed by atoms with Crippen LogP contribution in [0.3, 0.4) is 0 Å². The summed E-state index contributed by atoms with van der Waals surface area (Å²) < 4.78 is 5.94. The third kappa shape index (κ3) is 3.49. The molecule has 0 saturated carbocycles. The number of amides is 1. The Morgan fingerprint density at radius 2 is 2.19 bits per heavy atom. The first kappa shape index (κ1) is 16.8. The van der Waals surface area contributed by atoms with Gasteiger partial charge in [-0.15, -0.1) is 0 Å². The third-order valence-corrected chi connectivity index (χ3v) is 5.33. The van der Waals surface area contributed by atoms with E-state index < -0.39 is 0 Å². The second-order valence-corrected chi connectivity index (χ2v) is 7.15. The molecule has 2 N–H and O–H groups in total. The molecule has 0 spiro atoms. The van der Waals surface area contributed by atoms with Crippen LogP contribution in [-0.2, 0) is 17.8 Å². The van der Waals surface area contributed by atoms with Crippen molar-refractivity contribution in [2.24, 2.45) is 11.7 Å². The molecule has 2 aliphatic heterocycles. The summed E-state index contributed by atoms with van der Waals surface area (Å²) in [7, 11) is 0. The average molecular weight is 352 g/mol. The molecule has 0 bridgehead atoms. The van der Waals surface area contributed by atoms with Crippen LogP contribution in [0.2, 0.25) is 0 Å². The SMILES string of the molecule is NC(=O)CC[C@@H]1CCCN(c2ncnc3c2Cc2ccccc2OC3)C1. The molecule has 6 heteroatoms. The lowest BCUT2D eigenvalue weighted by atomic mass is 9.92. The van der Waals surface area contributed by atoms with E-state index in [0.717, 1.165) is 61.6 Å². The van der Waals surface area contributed by atoms with Crippen LogP contribution >= 0.6 is 0 Å². The van der Waals surface area contributed by atoms with Gasteiger partial charge < -0.3 is 15.4 Å². The Morgan fingerprint density at radius 3 is 3.08 bits per heavy atom. The summed E-state index contributed by atoms with van der Waals surface area (Å²) in [6.45, 7) is 2.37. The maximum absolute atomic E-state index is 11.1. The largest absolute Gasteiger partial charge is 0.487 e. The monoisotopic (exact) mass is 352 g/mol. The average Bonchev–Trinajstić information content (AvgIpc) is 2.86. The number of primary amides is 1. The van der Waals surface area contributed by atoms with Crippen molar-refractivity contribution < 1.29 is 9.53 Å². The van der Waals surface area contributed by atoms with E-state index in [-0.39, 0.29) is 5.91 Å². The van der Waals surface area contributed by atoms with Gasteiger partial charge in [0.1, 0.15) is 24.5 Å². The van der Waals surface area contributed by atoms with Gasteiger partial charge in [0, 0.05) is 31.5 Å². The lowest BCUT2D eigenvalue weighted by Gasteiger charge is -2.34. The fourth-order valence-corrected chi connectivity index (χ4v) is 3.98. The second-order valence-electron chi connectivity index (χ2n) is 7.15. The van der Waals surface area contributed by atoms with E-state index in [1.807, 2.05) is 18.2 Å². The number of benzene rings is 1. The smallest absolute Gasteiger partial charge is 0.217 e. The predicted molar refractivity (Wildman–Crippen MR) is 99.0 cm³/mol. The van der Waals surface area contributed by atoms with Crippen LogP contribution in [0.15, 0.2) is 30.6 Å².